The van der Waals surface area contributed by atoms with Gasteiger partial charge in [-0.3, -0.25) is 9.52 Å². The van der Waals surface area contributed by atoms with E-state index in [4.69, 9.17) is 0 Å². The fourth-order valence-corrected chi connectivity index (χ4v) is 3.74. The highest BCUT2D eigenvalue weighted by molar-refractivity contribution is 7.92. The molecule has 0 aromatic heterocycles. The molecule has 0 unspecified atom stereocenters. The fraction of sp³-hybridized carbons (Fsp3) is 0.0952. The highest BCUT2D eigenvalue weighted by Crippen LogP contribution is 2.20. The molecular weight excluding hydrogens is 379 g/mol. The lowest BCUT2D eigenvalue weighted by Gasteiger charge is -2.13. The van der Waals surface area contributed by atoms with Crippen molar-refractivity contribution in [1.29, 1.82) is 0 Å². The Morgan fingerprint density at radius 2 is 1.50 bits per heavy atom. The van der Waals surface area contributed by atoms with Gasteiger partial charge < -0.3 is 5.32 Å². The Balaban J connectivity index is 1.69. The van der Waals surface area contributed by atoms with Crippen LogP contribution in [0.3, 0.4) is 0 Å². The first-order valence-electron chi connectivity index (χ1n) is 8.65. The third-order valence-electron chi connectivity index (χ3n) is 4.08. The molecule has 1 amide bonds. The number of rotatable bonds is 7. The van der Waals surface area contributed by atoms with Crippen LogP contribution in [0.25, 0.3) is 0 Å². The lowest BCUT2D eigenvalue weighted by atomic mass is 10.1. The minimum atomic E-state index is -3.80. The van der Waals surface area contributed by atoms with Crippen LogP contribution in [0.5, 0.6) is 0 Å². The number of sulfonamides is 1. The highest BCUT2D eigenvalue weighted by atomic mass is 32.2. The van der Waals surface area contributed by atoms with E-state index < -0.39 is 15.9 Å². The SMILES string of the molecule is O=C(NCCc1ccc(F)cc1)c1ccccc1NS(=O)(=O)c1ccccc1. The van der Waals surface area contributed by atoms with Crippen molar-refractivity contribution < 1.29 is 17.6 Å². The summed E-state index contributed by atoms with van der Waals surface area (Å²) in [6, 6.07) is 20.4. The summed E-state index contributed by atoms with van der Waals surface area (Å²) in [6.07, 6.45) is 0.532. The van der Waals surface area contributed by atoms with Crippen molar-refractivity contribution in [2.75, 3.05) is 11.3 Å². The van der Waals surface area contributed by atoms with E-state index in [1.54, 1.807) is 48.5 Å². The Labute approximate surface area is 163 Å². The number of hydrogen-bond acceptors (Lipinski definition) is 3. The van der Waals surface area contributed by atoms with Gasteiger partial charge in [0.1, 0.15) is 5.82 Å². The summed E-state index contributed by atoms with van der Waals surface area (Å²) in [5, 5.41) is 2.76. The summed E-state index contributed by atoms with van der Waals surface area (Å²) in [4.78, 5) is 12.6. The standard InChI is InChI=1S/C21H19FN2O3S/c22-17-12-10-16(11-13-17)14-15-23-21(25)19-8-4-5-9-20(19)24-28(26,27)18-6-2-1-3-7-18/h1-13,24H,14-15H2,(H,23,25). The minimum Gasteiger partial charge on any atom is -0.352 e. The number of para-hydroxylation sites is 1. The van der Waals surface area contributed by atoms with Crippen molar-refractivity contribution in [3.8, 4) is 0 Å². The molecule has 0 bridgehead atoms. The third-order valence-corrected chi connectivity index (χ3v) is 5.46. The van der Waals surface area contributed by atoms with Gasteiger partial charge in [-0.05, 0) is 48.4 Å². The van der Waals surface area contributed by atoms with Crippen LogP contribution < -0.4 is 10.0 Å². The first kappa shape index (κ1) is 19.6. The van der Waals surface area contributed by atoms with Crippen molar-refractivity contribution in [3.63, 3.8) is 0 Å². The minimum absolute atomic E-state index is 0.113. The van der Waals surface area contributed by atoms with Crippen LogP contribution in [-0.2, 0) is 16.4 Å². The molecule has 0 aliphatic heterocycles. The molecule has 144 valence electrons. The van der Waals surface area contributed by atoms with Crippen LogP contribution in [-0.4, -0.2) is 20.9 Å². The maximum Gasteiger partial charge on any atom is 0.261 e. The zero-order valence-electron chi connectivity index (χ0n) is 14.9. The fourth-order valence-electron chi connectivity index (χ4n) is 2.64. The van der Waals surface area contributed by atoms with Gasteiger partial charge in [-0.2, -0.15) is 0 Å². The van der Waals surface area contributed by atoms with Crippen molar-refractivity contribution in [1.82, 2.24) is 5.32 Å². The van der Waals surface area contributed by atoms with Gasteiger partial charge in [-0.25, -0.2) is 12.8 Å². The first-order valence-corrected chi connectivity index (χ1v) is 10.1. The summed E-state index contributed by atoms with van der Waals surface area (Å²) in [5.74, 6) is -0.708. The molecule has 0 radical (unpaired) electrons. The second kappa shape index (κ2) is 8.67. The molecule has 2 N–H and O–H groups in total. The van der Waals surface area contributed by atoms with Gasteiger partial charge in [0.25, 0.3) is 15.9 Å². The zero-order chi connectivity index (χ0) is 20.0. The Hall–Kier alpha value is -3.19. The summed E-state index contributed by atoms with van der Waals surface area (Å²) >= 11 is 0. The van der Waals surface area contributed by atoms with Gasteiger partial charge >= 0.3 is 0 Å². The van der Waals surface area contributed by atoms with Gasteiger partial charge in [-0.1, -0.05) is 42.5 Å². The van der Waals surface area contributed by atoms with Gasteiger partial charge in [0.15, 0.2) is 0 Å². The molecule has 3 rings (SSSR count). The lowest BCUT2D eigenvalue weighted by molar-refractivity contribution is 0.0955. The van der Waals surface area contributed by atoms with Crippen LogP contribution in [0.2, 0.25) is 0 Å². The van der Waals surface area contributed by atoms with E-state index in [0.717, 1.165) is 5.56 Å². The molecule has 0 atom stereocenters. The topological polar surface area (TPSA) is 75.3 Å². The monoisotopic (exact) mass is 398 g/mol. The third kappa shape index (κ3) is 4.95. The smallest absolute Gasteiger partial charge is 0.261 e. The van der Waals surface area contributed by atoms with Crippen LogP contribution in [0.4, 0.5) is 10.1 Å². The normalized spacial score (nSPS) is 11.0. The van der Waals surface area contributed by atoms with Crippen LogP contribution >= 0.6 is 0 Å². The van der Waals surface area contributed by atoms with Gasteiger partial charge in [0.2, 0.25) is 0 Å². The number of nitrogens with one attached hydrogen (secondary N) is 2. The molecule has 0 fully saturated rings. The molecule has 0 saturated carbocycles. The van der Waals surface area contributed by atoms with Gasteiger partial charge in [-0.15, -0.1) is 0 Å². The van der Waals surface area contributed by atoms with Gasteiger partial charge in [0.05, 0.1) is 16.1 Å². The predicted octanol–water partition coefficient (Wildman–Crippen LogP) is 3.60. The zero-order valence-corrected chi connectivity index (χ0v) is 15.7. The van der Waals surface area contributed by atoms with Crippen molar-refractivity contribution >= 4 is 21.6 Å². The van der Waals surface area contributed by atoms with Gasteiger partial charge in [0, 0.05) is 6.54 Å². The summed E-state index contributed by atoms with van der Waals surface area (Å²) in [7, 11) is -3.80. The number of amides is 1. The van der Waals surface area contributed by atoms with Crippen LogP contribution in [0.1, 0.15) is 15.9 Å². The number of halogens is 1. The summed E-state index contributed by atoms with van der Waals surface area (Å²) in [5.41, 5.74) is 1.31. The second-order valence-electron chi connectivity index (χ2n) is 6.10. The molecule has 7 heteroatoms. The highest BCUT2D eigenvalue weighted by Gasteiger charge is 2.18. The average molecular weight is 398 g/mol. The molecular formula is C21H19FN2O3S. The maximum atomic E-state index is 12.9. The maximum absolute atomic E-state index is 12.9. The molecule has 28 heavy (non-hydrogen) atoms. The Morgan fingerprint density at radius 1 is 0.857 bits per heavy atom. The van der Waals surface area contributed by atoms with E-state index in [9.17, 15) is 17.6 Å². The van der Waals surface area contributed by atoms with E-state index >= 15 is 0 Å². The molecule has 0 heterocycles. The van der Waals surface area contributed by atoms with E-state index in [2.05, 4.69) is 10.0 Å². The average Bonchev–Trinajstić information content (AvgIpc) is 2.70. The quantitative estimate of drug-likeness (QED) is 0.639. The number of hydrogen-bond donors (Lipinski definition) is 2. The predicted molar refractivity (Wildman–Crippen MR) is 106 cm³/mol. The Morgan fingerprint density at radius 3 is 2.21 bits per heavy atom. The van der Waals surface area contributed by atoms with E-state index in [0.29, 0.717) is 13.0 Å². The molecule has 0 saturated heterocycles. The van der Waals surface area contributed by atoms with Crippen molar-refractivity contribution in [2.24, 2.45) is 0 Å². The molecule has 0 aliphatic rings. The number of carbonyl (C=O) groups is 1. The van der Waals surface area contributed by atoms with Crippen LogP contribution in [0.15, 0.2) is 83.8 Å². The van der Waals surface area contributed by atoms with Crippen molar-refractivity contribution in [2.45, 2.75) is 11.3 Å². The Kier molecular flexibility index (Phi) is 6.06. The molecule has 3 aromatic rings. The molecule has 3 aromatic carbocycles. The first-order chi connectivity index (χ1) is 13.5. The molecule has 5 nitrogen and oxygen atoms in total. The second-order valence-corrected chi connectivity index (χ2v) is 7.78. The number of benzene rings is 3. The Bertz CT molecular complexity index is 1050. The van der Waals surface area contributed by atoms with E-state index in [1.165, 1.54) is 30.3 Å². The molecule has 0 spiro atoms. The summed E-state index contributed by atoms with van der Waals surface area (Å²) in [6.45, 7) is 0.338. The number of carbonyl (C=O) groups excluding carboxylic acids is 1. The molecule has 0 aliphatic carbocycles. The number of anilines is 1. The van der Waals surface area contributed by atoms with E-state index in [1.807, 2.05) is 0 Å². The van der Waals surface area contributed by atoms with E-state index in [-0.39, 0.29) is 22.0 Å². The largest absolute Gasteiger partial charge is 0.352 e. The van der Waals surface area contributed by atoms with Crippen LogP contribution in [0, 0.1) is 5.82 Å². The van der Waals surface area contributed by atoms with Crippen molar-refractivity contribution in [3.05, 3.63) is 95.8 Å². The lowest BCUT2D eigenvalue weighted by Crippen LogP contribution is -2.27. The summed E-state index contributed by atoms with van der Waals surface area (Å²) < 4.78 is 40.5.